The van der Waals surface area contributed by atoms with E-state index in [1.54, 1.807) is 0 Å². The van der Waals surface area contributed by atoms with E-state index in [2.05, 4.69) is 52.4 Å². The van der Waals surface area contributed by atoms with E-state index in [9.17, 15) is 0 Å². The molecular formula is C17H27N5O. The zero-order chi connectivity index (χ0) is 16.4. The van der Waals surface area contributed by atoms with Gasteiger partial charge in [0.15, 0.2) is 5.82 Å². The van der Waals surface area contributed by atoms with Gasteiger partial charge >= 0.3 is 0 Å². The fraction of sp³-hybridized carbons (Fsp3) is 0.706. The van der Waals surface area contributed by atoms with E-state index < -0.39 is 0 Å². The molecule has 2 aromatic heterocycles. The van der Waals surface area contributed by atoms with Crippen LogP contribution in [-0.4, -0.2) is 44.7 Å². The lowest BCUT2D eigenvalue weighted by molar-refractivity contribution is 0.216. The number of hydrogen-bond acceptors (Lipinski definition) is 5. The molecule has 23 heavy (non-hydrogen) atoms. The fourth-order valence-corrected chi connectivity index (χ4v) is 3.26. The van der Waals surface area contributed by atoms with Gasteiger partial charge in [-0.3, -0.25) is 0 Å². The van der Waals surface area contributed by atoms with E-state index in [1.807, 2.05) is 12.4 Å². The van der Waals surface area contributed by atoms with Gasteiger partial charge in [-0.05, 0) is 45.8 Å². The first kappa shape index (κ1) is 16.2. The monoisotopic (exact) mass is 317 g/mol. The summed E-state index contributed by atoms with van der Waals surface area (Å²) in [7, 11) is 2.18. The maximum Gasteiger partial charge on any atom is 0.249 e. The number of likely N-dealkylation sites (tertiary alicyclic amines) is 1. The van der Waals surface area contributed by atoms with Crippen molar-refractivity contribution in [2.24, 2.45) is 5.92 Å². The zero-order valence-corrected chi connectivity index (χ0v) is 14.6. The highest BCUT2D eigenvalue weighted by atomic mass is 16.5. The van der Waals surface area contributed by atoms with Crippen LogP contribution in [0.3, 0.4) is 0 Å². The van der Waals surface area contributed by atoms with Crippen LogP contribution in [0.4, 0.5) is 0 Å². The molecule has 0 saturated carbocycles. The van der Waals surface area contributed by atoms with Gasteiger partial charge in [0.05, 0.1) is 0 Å². The molecule has 3 rings (SSSR count). The molecule has 1 unspecified atom stereocenters. The van der Waals surface area contributed by atoms with Crippen molar-refractivity contribution < 1.29 is 4.52 Å². The second kappa shape index (κ2) is 6.83. The van der Waals surface area contributed by atoms with Crippen LogP contribution < -0.4 is 0 Å². The summed E-state index contributed by atoms with van der Waals surface area (Å²) in [6.07, 6.45) is 7.18. The SMILES string of the molecule is CC(C)c1nccn1C(C)c1nc(CC2CCN(C)CC2)no1. The number of piperidine rings is 1. The Balaban J connectivity index is 1.67. The number of aromatic nitrogens is 4. The van der Waals surface area contributed by atoms with Gasteiger partial charge in [0.2, 0.25) is 5.89 Å². The molecule has 1 aliphatic heterocycles. The molecule has 126 valence electrons. The van der Waals surface area contributed by atoms with Gasteiger partial charge < -0.3 is 14.0 Å². The largest absolute Gasteiger partial charge is 0.337 e. The molecule has 0 aromatic carbocycles. The Bertz CT molecular complexity index is 624. The maximum absolute atomic E-state index is 5.53. The van der Waals surface area contributed by atoms with Crippen molar-refractivity contribution in [3.63, 3.8) is 0 Å². The predicted molar refractivity (Wildman–Crippen MR) is 88.4 cm³/mol. The lowest BCUT2D eigenvalue weighted by Gasteiger charge is -2.28. The minimum absolute atomic E-state index is 0.0219. The average molecular weight is 317 g/mol. The van der Waals surface area contributed by atoms with E-state index in [0.29, 0.717) is 17.7 Å². The summed E-state index contributed by atoms with van der Waals surface area (Å²) < 4.78 is 7.65. The third-order valence-corrected chi connectivity index (χ3v) is 4.78. The van der Waals surface area contributed by atoms with Crippen molar-refractivity contribution in [3.05, 3.63) is 29.9 Å². The summed E-state index contributed by atoms with van der Waals surface area (Å²) in [5, 5.41) is 4.20. The second-order valence-electron chi connectivity index (χ2n) is 7.02. The van der Waals surface area contributed by atoms with E-state index >= 15 is 0 Å². The van der Waals surface area contributed by atoms with Crippen molar-refractivity contribution in [1.29, 1.82) is 0 Å². The smallest absolute Gasteiger partial charge is 0.249 e. The first-order valence-corrected chi connectivity index (χ1v) is 8.58. The van der Waals surface area contributed by atoms with E-state index in [-0.39, 0.29) is 6.04 Å². The van der Waals surface area contributed by atoms with Crippen LogP contribution in [0.5, 0.6) is 0 Å². The number of hydrogen-bond donors (Lipinski definition) is 0. The zero-order valence-electron chi connectivity index (χ0n) is 14.6. The summed E-state index contributed by atoms with van der Waals surface area (Å²) in [6.45, 7) is 8.70. The van der Waals surface area contributed by atoms with Gasteiger partial charge in [-0.25, -0.2) is 4.98 Å². The molecule has 1 aliphatic rings. The van der Waals surface area contributed by atoms with Crippen LogP contribution in [0.25, 0.3) is 0 Å². The van der Waals surface area contributed by atoms with Crippen LogP contribution in [0, 0.1) is 5.92 Å². The number of imidazole rings is 1. The van der Waals surface area contributed by atoms with Crippen molar-refractivity contribution in [3.8, 4) is 0 Å². The molecule has 3 heterocycles. The molecule has 2 aromatic rings. The molecule has 0 bridgehead atoms. The molecule has 0 aliphatic carbocycles. The minimum atomic E-state index is 0.0219. The van der Waals surface area contributed by atoms with E-state index in [4.69, 9.17) is 4.52 Å². The summed E-state index contributed by atoms with van der Waals surface area (Å²) in [4.78, 5) is 11.5. The molecule has 0 N–H and O–H groups in total. The molecule has 1 atom stereocenters. The van der Waals surface area contributed by atoms with Crippen molar-refractivity contribution in [2.45, 2.75) is 52.0 Å². The van der Waals surface area contributed by atoms with Crippen LogP contribution in [0.2, 0.25) is 0 Å². The van der Waals surface area contributed by atoms with E-state index in [0.717, 1.165) is 18.1 Å². The van der Waals surface area contributed by atoms with Crippen molar-refractivity contribution >= 4 is 0 Å². The Labute approximate surface area is 137 Å². The Kier molecular flexibility index (Phi) is 4.80. The molecule has 1 saturated heterocycles. The molecule has 0 amide bonds. The van der Waals surface area contributed by atoms with Crippen LogP contribution in [0.15, 0.2) is 16.9 Å². The lowest BCUT2D eigenvalue weighted by atomic mass is 9.94. The highest BCUT2D eigenvalue weighted by molar-refractivity contribution is 5.04. The normalized spacial score (nSPS) is 18.7. The standard InChI is InChI=1S/C17H27N5O/c1-12(2)16-18-7-10-22(16)13(3)17-19-15(20-23-17)11-14-5-8-21(4)9-6-14/h7,10,12-14H,5-6,8-9,11H2,1-4H3. The van der Waals surface area contributed by atoms with Crippen molar-refractivity contribution in [2.75, 3.05) is 20.1 Å². The van der Waals surface area contributed by atoms with Gasteiger partial charge in [0, 0.05) is 24.7 Å². The summed E-state index contributed by atoms with van der Waals surface area (Å²) in [5.74, 6) is 3.61. The molecular weight excluding hydrogens is 290 g/mol. The topological polar surface area (TPSA) is 60.0 Å². The van der Waals surface area contributed by atoms with Crippen LogP contribution in [0.1, 0.15) is 63.1 Å². The third kappa shape index (κ3) is 3.63. The Hall–Kier alpha value is -1.69. The molecule has 0 radical (unpaired) electrons. The number of nitrogens with zero attached hydrogens (tertiary/aromatic N) is 5. The van der Waals surface area contributed by atoms with Gasteiger partial charge in [-0.2, -0.15) is 4.98 Å². The molecule has 1 fully saturated rings. The van der Waals surface area contributed by atoms with Crippen molar-refractivity contribution in [1.82, 2.24) is 24.6 Å². The molecule has 0 spiro atoms. The van der Waals surface area contributed by atoms with Crippen LogP contribution >= 0.6 is 0 Å². The summed E-state index contributed by atoms with van der Waals surface area (Å²) in [6, 6.07) is 0.0219. The summed E-state index contributed by atoms with van der Waals surface area (Å²) in [5.41, 5.74) is 0. The average Bonchev–Trinajstić information content (AvgIpc) is 3.18. The minimum Gasteiger partial charge on any atom is -0.337 e. The second-order valence-corrected chi connectivity index (χ2v) is 7.02. The van der Waals surface area contributed by atoms with Gasteiger partial charge in [-0.15, -0.1) is 0 Å². The summed E-state index contributed by atoms with van der Waals surface area (Å²) >= 11 is 0. The Morgan fingerprint density at radius 2 is 2.00 bits per heavy atom. The van der Waals surface area contributed by atoms with Gasteiger partial charge in [0.1, 0.15) is 11.9 Å². The highest BCUT2D eigenvalue weighted by Gasteiger charge is 2.22. The predicted octanol–water partition coefficient (Wildman–Crippen LogP) is 2.88. The lowest BCUT2D eigenvalue weighted by Crippen LogP contribution is -2.31. The maximum atomic E-state index is 5.53. The fourth-order valence-electron chi connectivity index (χ4n) is 3.26. The molecule has 6 nitrogen and oxygen atoms in total. The van der Waals surface area contributed by atoms with Gasteiger partial charge in [0.25, 0.3) is 0 Å². The number of rotatable bonds is 5. The first-order valence-electron chi connectivity index (χ1n) is 8.58. The Morgan fingerprint density at radius 1 is 1.26 bits per heavy atom. The third-order valence-electron chi connectivity index (χ3n) is 4.78. The highest BCUT2D eigenvalue weighted by Crippen LogP contribution is 2.24. The quantitative estimate of drug-likeness (QED) is 0.848. The first-order chi connectivity index (χ1) is 11.0. The Morgan fingerprint density at radius 3 is 2.70 bits per heavy atom. The van der Waals surface area contributed by atoms with E-state index in [1.165, 1.54) is 25.9 Å². The van der Waals surface area contributed by atoms with Gasteiger partial charge in [-0.1, -0.05) is 19.0 Å². The molecule has 6 heteroatoms. The van der Waals surface area contributed by atoms with Crippen LogP contribution in [-0.2, 0) is 6.42 Å².